The van der Waals surface area contributed by atoms with E-state index in [2.05, 4.69) is 4.98 Å². The molecule has 3 heterocycles. The molecule has 5 nitrogen and oxygen atoms in total. The van der Waals surface area contributed by atoms with Crippen molar-refractivity contribution in [2.75, 3.05) is 13.1 Å². The molecular weight excluding hydrogens is 370 g/mol. The molecule has 28 heavy (non-hydrogen) atoms. The van der Waals surface area contributed by atoms with Crippen LogP contribution in [0.2, 0.25) is 0 Å². The quantitative estimate of drug-likeness (QED) is 0.718. The summed E-state index contributed by atoms with van der Waals surface area (Å²) in [5.74, 6) is 0.276. The summed E-state index contributed by atoms with van der Waals surface area (Å²) in [7, 11) is 0. The van der Waals surface area contributed by atoms with Gasteiger partial charge in [0.25, 0.3) is 11.5 Å². The summed E-state index contributed by atoms with van der Waals surface area (Å²) in [6.45, 7) is 1.36. The van der Waals surface area contributed by atoms with Crippen LogP contribution in [0.3, 0.4) is 0 Å². The first-order valence-corrected chi connectivity index (χ1v) is 10.9. The van der Waals surface area contributed by atoms with Gasteiger partial charge in [-0.1, -0.05) is 18.2 Å². The van der Waals surface area contributed by atoms with Crippen LogP contribution in [-0.4, -0.2) is 33.9 Å². The van der Waals surface area contributed by atoms with Gasteiger partial charge in [-0.2, -0.15) is 0 Å². The van der Waals surface area contributed by atoms with Gasteiger partial charge in [-0.15, -0.1) is 11.3 Å². The number of benzene rings is 1. The molecule has 3 aromatic rings. The second-order valence-electron chi connectivity index (χ2n) is 7.79. The molecule has 1 fully saturated rings. The maximum absolute atomic E-state index is 13.0. The fourth-order valence-corrected chi connectivity index (χ4v) is 5.68. The molecule has 144 valence electrons. The number of likely N-dealkylation sites (tertiary alicyclic amines) is 1. The zero-order valence-corrected chi connectivity index (χ0v) is 16.6. The van der Waals surface area contributed by atoms with Crippen LogP contribution in [0.4, 0.5) is 0 Å². The van der Waals surface area contributed by atoms with Crippen LogP contribution < -0.4 is 5.56 Å². The Morgan fingerprint density at radius 3 is 2.75 bits per heavy atom. The van der Waals surface area contributed by atoms with E-state index in [9.17, 15) is 9.59 Å². The molecule has 0 radical (unpaired) electrons. The van der Waals surface area contributed by atoms with Crippen molar-refractivity contribution in [2.24, 2.45) is 0 Å². The lowest BCUT2D eigenvalue weighted by Gasteiger charge is -2.31. The molecule has 5 rings (SSSR count). The zero-order chi connectivity index (χ0) is 19.1. The predicted molar refractivity (Wildman–Crippen MR) is 111 cm³/mol. The first-order valence-electron chi connectivity index (χ1n) is 10.1. The monoisotopic (exact) mass is 393 g/mol. The largest absolute Gasteiger partial charge is 0.338 e. The van der Waals surface area contributed by atoms with Crippen LogP contribution in [0, 0.1) is 0 Å². The van der Waals surface area contributed by atoms with Gasteiger partial charge < -0.3 is 9.88 Å². The Hall–Kier alpha value is -2.47. The molecule has 1 aromatic carbocycles. The molecule has 0 atom stereocenters. The summed E-state index contributed by atoms with van der Waals surface area (Å²) in [6, 6.07) is 9.27. The van der Waals surface area contributed by atoms with Crippen molar-refractivity contribution in [3.05, 3.63) is 61.8 Å². The van der Waals surface area contributed by atoms with E-state index in [0.29, 0.717) is 19.0 Å². The van der Waals surface area contributed by atoms with Crippen LogP contribution in [0.5, 0.6) is 0 Å². The summed E-state index contributed by atoms with van der Waals surface area (Å²) < 4.78 is 0. The van der Waals surface area contributed by atoms with E-state index < -0.39 is 0 Å². The number of aromatic nitrogens is 2. The molecule has 1 aliphatic carbocycles. The van der Waals surface area contributed by atoms with E-state index in [1.54, 1.807) is 6.07 Å². The number of amides is 1. The molecule has 0 saturated carbocycles. The van der Waals surface area contributed by atoms with Crippen molar-refractivity contribution >= 4 is 28.1 Å². The SMILES string of the molecule is O=C(c1cc2ccccc2[nH]c1=O)N1CCC(c2nc3c(s2)CCCC3)CC1. The molecule has 2 aliphatic rings. The highest BCUT2D eigenvalue weighted by Crippen LogP contribution is 2.35. The molecule has 6 heteroatoms. The summed E-state index contributed by atoms with van der Waals surface area (Å²) in [4.78, 5) is 36.4. The third-order valence-corrected chi connectivity index (χ3v) is 7.30. The highest BCUT2D eigenvalue weighted by atomic mass is 32.1. The minimum atomic E-state index is -0.307. The van der Waals surface area contributed by atoms with Gasteiger partial charge in [-0.3, -0.25) is 9.59 Å². The van der Waals surface area contributed by atoms with E-state index in [4.69, 9.17) is 4.98 Å². The van der Waals surface area contributed by atoms with Crippen LogP contribution >= 0.6 is 11.3 Å². The summed E-state index contributed by atoms with van der Waals surface area (Å²) in [5, 5.41) is 2.14. The molecule has 0 unspecified atom stereocenters. The molecule has 1 N–H and O–H groups in total. The van der Waals surface area contributed by atoms with E-state index in [-0.39, 0.29) is 17.0 Å². The molecule has 0 bridgehead atoms. The Labute approximate surface area is 167 Å². The van der Waals surface area contributed by atoms with Gasteiger partial charge in [0.1, 0.15) is 5.56 Å². The Kier molecular flexibility index (Phi) is 4.51. The maximum atomic E-state index is 13.0. The number of pyridine rings is 1. The highest BCUT2D eigenvalue weighted by molar-refractivity contribution is 7.11. The number of aromatic amines is 1. The van der Waals surface area contributed by atoms with Crippen LogP contribution in [0.1, 0.15) is 57.5 Å². The average molecular weight is 394 g/mol. The number of para-hydroxylation sites is 1. The highest BCUT2D eigenvalue weighted by Gasteiger charge is 2.28. The van der Waals surface area contributed by atoms with Crippen LogP contribution in [0.15, 0.2) is 35.1 Å². The number of carbonyl (C=O) groups excluding carboxylic acids is 1. The van der Waals surface area contributed by atoms with E-state index in [0.717, 1.165) is 30.2 Å². The number of nitrogens with zero attached hydrogens (tertiary/aromatic N) is 2. The normalized spacial score (nSPS) is 17.6. The number of rotatable bonds is 2. The predicted octanol–water partition coefficient (Wildman–Crippen LogP) is 3.88. The van der Waals surface area contributed by atoms with Gasteiger partial charge in [-0.25, -0.2) is 4.98 Å². The summed E-state index contributed by atoms with van der Waals surface area (Å²) >= 11 is 1.88. The van der Waals surface area contributed by atoms with Gasteiger partial charge >= 0.3 is 0 Å². The van der Waals surface area contributed by atoms with Crippen LogP contribution in [0.25, 0.3) is 10.9 Å². The fourth-order valence-electron chi connectivity index (χ4n) is 4.35. The smallest absolute Gasteiger partial charge is 0.261 e. The number of hydrogen-bond acceptors (Lipinski definition) is 4. The lowest BCUT2D eigenvalue weighted by Crippen LogP contribution is -2.40. The minimum absolute atomic E-state index is 0.163. The molecule has 0 spiro atoms. The van der Waals surface area contributed by atoms with Gasteiger partial charge in [0, 0.05) is 29.4 Å². The van der Waals surface area contributed by atoms with Gasteiger partial charge in [-0.05, 0) is 56.0 Å². The number of nitrogens with one attached hydrogen (secondary N) is 1. The van der Waals surface area contributed by atoms with Gasteiger partial charge in [0.2, 0.25) is 0 Å². The Bertz CT molecular complexity index is 1070. The molecular formula is C22H23N3O2S. The van der Waals surface area contributed by atoms with Crippen molar-refractivity contribution in [3.63, 3.8) is 0 Å². The first kappa shape index (κ1) is 17.6. The topological polar surface area (TPSA) is 66.1 Å². The summed E-state index contributed by atoms with van der Waals surface area (Å²) in [6.07, 6.45) is 6.67. The number of hydrogen-bond donors (Lipinski definition) is 1. The number of thiazole rings is 1. The van der Waals surface area contributed by atoms with Gasteiger partial charge in [0.05, 0.1) is 10.7 Å². The number of aryl methyl sites for hydroxylation is 2. The Morgan fingerprint density at radius 1 is 1.14 bits per heavy atom. The average Bonchev–Trinajstić information content (AvgIpc) is 3.17. The van der Waals surface area contributed by atoms with E-state index in [1.807, 2.05) is 40.5 Å². The van der Waals surface area contributed by atoms with E-state index >= 15 is 0 Å². The number of piperidine rings is 1. The lowest BCUT2D eigenvalue weighted by molar-refractivity contribution is 0.0711. The minimum Gasteiger partial charge on any atom is -0.338 e. The molecule has 2 aromatic heterocycles. The fraction of sp³-hybridized carbons (Fsp3) is 0.409. The number of carbonyl (C=O) groups is 1. The van der Waals surface area contributed by atoms with Crippen molar-refractivity contribution in [1.29, 1.82) is 0 Å². The van der Waals surface area contributed by atoms with Crippen LogP contribution in [-0.2, 0) is 12.8 Å². The van der Waals surface area contributed by atoms with Crippen molar-refractivity contribution in [2.45, 2.75) is 44.4 Å². The molecule has 1 saturated heterocycles. The maximum Gasteiger partial charge on any atom is 0.261 e. The second-order valence-corrected chi connectivity index (χ2v) is 8.91. The van der Waals surface area contributed by atoms with Gasteiger partial charge in [0.15, 0.2) is 0 Å². The number of fused-ring (bicyclic) bond motifs is 2. The molecule has 1 aliphatic heterocycles. The third kappa shape index (κ3) is 3.15. The first-order chi connectivity index (χ1) is 13.7. The Balaban J connectivity index is 1.31. The molecule has 1 amide bonds. The van der Waals surface area contributed by atoms with Crippen molar-refractivity contribution in [3.8, 4) is 0 Å². The number of H-pyrrole nitrogens is 1. The van der Waals surface area contributed by atoms with E-state index in [1.165, 1.54) is 34.8 Å². The zero-order valence-electron chi connectivity index (χ0n) is 15.7. The second kappa shape index (κ2) is 7.17. The summed E-state index contributed by atoms with van der Waals surface area (Å²) in [5.41, 5.74) is 2.00. The van der Waals surface area contributed by atoms with Crippen molar-refractivity contribution < 1.29 is 4.79 Å². The lowest BCUT2D eigenvalue weighted by atomic mass is 9.96. The standard InChI is InChI=1S/C22H23N3O2S/c26-20-16(13-15-5-1-2-6-17(15)23-20)22(27)25-11-9-14(10-12-25)21-24-18-7-3-4-8-19(18)28-21/h1-2,5-6,13-14H,3-4,7-12H2,(H,23,26). The van der Waals surface area contributed by atoms with Crippen molar-refractivity contribution in [1.82, 2.24) is 14.9 Å². The third-order valence-electron chi connectivity index (χ3n) is 5.98. The Morgan fingerprint density at radius 2 is 1.93 bits per heavy atom.